The fourth-order valence-electron chi connectivity index (χ4n) is 1.16. The Morgan fingerprint density at radius 2 is 2.00 bits per heavy atom. The van der Waals surface area contributed by atoms with Crippen molar-refractivity contribution in [2.45, 2.75) is 0 Å². The highest BCUT2D eigenvalue weighted by molar-refractivity contribution is 5.93. The van der Waals surface area contributed by atoms with Crippen LogP contribution in [-0.2, 0) is 0 Å². The van der Waals surface area contributed by atoms with Crippen molar-refractivity contribution < 1.29 is 4.79 Å². The second-order valence-electron chi connectivity index (χ2n) is 3.33. The highest BCUT2D eigenvalue weighted by Gasteiger charge is 2.05. The lowest BCUT2D eigenvalue weighted by atomic mass is 10.2. The Kier molecular flexibility index (Phi) is 4.80. The van der Waals surface area contributed by atoms with E-state index in [0.29, 0.717) is 5.56 Å². The van der Waals surface area contributed by atoms with E-state index in [0.717, 1.165) is 13.1 Å². The number of hydrazine groups is 1. The number of carbonyl (C=O) groups excluding carboxylic acids is 1. The Hall–Kier alpha value is -1.39. The average Bonchev–Trinajstić information content (AvgIpc) is 2.27. The maximum atomic E-state index is 11.6. The maximum absolute atomic E-state index is 11.6. The zero-order valence-electron chi connectivity index (χ0n) is 9.16. The monoisotopic (exact) mass is 207 g/mol. The predicted molar refractivity (Wildman–Crippen MR) is 60.5 cm³/mol. The third-order valence-electron chi connectivity index (χ3n) is 2.03. The number of benzene rings is 1. The van der Waals surface area contributed by atoms with Gasteiger partial charge in [0.1, 0.15) is 0 Å². The lowest BCUT2D eigenvalue weighted by Gasteiger charge is -2.17. The number of hydrogen-bond acceptors (Lipinski definition) is 3. The summed E-state index contributed by atoms with van der Waals surface area (Å²) in [6.45, 7) is 1.61. The third-order valence-corrected chi connectivity index (χ3v) is 2.03. The molecule has 2 N–H and O–H groups in total. The minimum absolute atomic E-state index is 0.0748. The Morgan fingerprint density at radius 3 is 2.60 bits per heavy atom. The quantitative estimate of drug-likeness (QED) is 0.690. The molecule has 0 spiro atoms. The first-order chi connectivity index (χ1) is 7.24. The van der Waals surface area contributed by atoms with Gasteiger partial charge in [0.25, 0.3) is 5.91 Å². The fraction of sp³-hybridized carbons (Fsp3) is 0.364. The van der Waals surface area contributed by atoms with Gasteiger partial charge in [-0.3, -0.25) is 10.2 Å². The van der Waals surface area contributed by atoms with E-state index in [2.05, 4.69) is 10.7 Å². The van der Waals surface area contributed by atoms with E-state index in [1.54, 1.807) is 17.1 Å². The van der Waals surface area contributed by atoms with Crippen LogP contribution >= 0.6 is 0 Å². The molecule has 0 heterocycles. The van der Waals surface area contributed by atoms with Crippen molar-refractivity contribution in [2.24, 2.45) is 0 Å². The molecule has 0 saturated heterocycles. The van der Waals surface area contributed by atoms with Crippen molar-refractivity contribution in [2.75, 3.05) is 27.2 Å². The standard InChI is InChI=1S/C11H17N3O/c1-12-8-9-14(2)13-11(15)10-6-4-3-5-7-10/h3-7,12H,8-9H2,1-2H3,(H,13,15). The second-order valence-corrected chi connectivity index (χ2v) is 3.33. The molecule has 0 fully saturated rings. The van der Waals surface area contributed by atoms with Crippen LogP contribution in [0.15, 0.2) is 30.3 Å². The lowest BCUT2D eigenvalue weighted by molar-refractivity contribution is 0.0830. The van der Waals surface area contributed by atoms with Crippen molar-refractivity contribution in [3.8, 4) is 0 Å². The van der Waals surface area contributed by atoms with Crippen molar-refractivity contribution in [1.29, 1.82) is 0 Å². The van der Waals surface area contributed by atoms with Crippen LogP contribution in [0, 0.1) is 0 Å². The van der Waals surface area contributed by atoms with Crippen molar-refractivity contribution in [1.82, 2.24) is 15.8 Å². The van der Waals surface area contributed by atoms with Gasteiger partial charge < -0.3 is 5.32 Å². The molecule has 0 aliphatic heterocycles. The summed E-state index contributed by atoms with van der Waals surface area (Å²) in [6.07, 6.45) is 0. The normalized spacial score (nSPS) is 10.3. The van der Waals surface area contributed by atoms with Crippen LogP contribution in [0.1, 0.15) is 10.4 Å². The number of amides is 1. The van der Waals surface area contributed by atoms with Gasteiger partial charge in [-0.25, -0.2) is 5.01 Å². The molecule has 1 amide bonds. The summed E-state index contributed by atoms with van der Waals surface area (Å²) in [6, 6.07) is 9.18. The molecule has 0 atom stereocenters. The van der Waals surface area contributed by atoms with Crippen molar-refractivity contribution in [3.05, 3.63) is 35.9 Å². The zero-order valence-corrected chi connectivity index (χ0v) is 9.16. The van der Waals surface area contributed by atoms with E-state index < -0.39 is 0 Å². The van der Waals surface area contributed by atoms with Crippen molar-refractivity contribution >= 4 is 5.91 Å². The van der Waals surface area contributed by atoms with Crippen LogP contribution in [0.2, 0.25) is 0 Å². The second kappa shape index (κ2) is 6.16. The van der Waals surface area contributed by atoms with Gasteiger partial charge in [0.05, 0.1) is 0 Å². The Balaban J connectivity index is 2.42. The SMILES string of the molecule is CNCCN(C)NC(=O)c1ccccc1. The topological polar surface area (TPSA) is 44.4 Å². The third kappa shape index (κ3) is 4.10. The van der Waals surface area contributed by atoms with Gasteiger partial charge in [0.2, 0.25) is 0 Å². The van der Waals surface area contributed by atoms with E-state index in [4.69, 9.17) is 0 Å². The molecule has 0 unspecified atom stereocenters. The molecule has 82 valence electrons. The van der Waals surface area contributed by atoms with Gasteiger partial charge in [0.15, 0.2) is 0 Å². The van der Waals surface area contributed by atoms with Crippen molar-refractivity contribution in [3.63, 3.8) is 0 Å². The summed E-state index contributed by atoms with van der Waals surface area (Å²) >= 11 is 0. The molecule has 1 rings (SSSR count). The molecule has 4 heteroatoms. The van der Waals surface area contributed by atoms with Crippen LogP contribution in [0.4, 0.5) is 0 Å². The minimum Gasteiger partial charge on any atom is -0.318 e. The van der Waals surface area contributed by atoms with E-state index >= 15 is 0 Å². The summed E-state index contributed by atoms with van der Waals surface area (Å²) in [7, 11) is 3.73. The molecule has 15 heavy (non-hydrogen) atoms. The largest absolute Gasteiger partial charge is 0.318 e. The number of rotatable bonds is 5. The molecule has 0 aliphatic rings. The van der Waals surface area contributed by atoms with Gasteiger partial charge in [-0.2, -0.15) is 0 Å². The van der Waals surface area contributed by atoms with Gasteiger partial charge in [-0.1, -0.05) is 18.2 Å². The molecule has 0 aliphatic carbocycles. The molecule has 4 nitrogen and oxygen atoms in total. The van der Waals surface area contributed by atoms with Crippen LogP contribution in [0.3, 0.4) is 0 Å². The summed E-state index contributed by atoms with van der Waals surface area (Å²) < 4.78 is 0. The summed E-state index contributed by atoms with van der Waals surface area (Å²) in [5, 5.41) is 4.79. The van der Waals surface area contributed by atoms with E-state index in [1.165, 1.54) is 0 Å². The number of likely N-dealkylation sites (N-methyl/N-ethyl adjacent to an activating group) is 2. The van der Waals surface area contributed by atoms with Crippen LogP contribution in [-0.4, -0.2) is 38.1 Å². The Morgan fingerprint density at radius 1 is 1.33 bits per heavy atom. The van der Waals surface area contributed by atoms with E-state index in [-0.39, 0.29) is 5.91 Å². The number of hydrogen-bond donors (Lipinski definition) is 2. The maximum Gasteiger partial charge on any atom is 0.265 e. The van der Waals surface area contributed by atoms with Gasteiger partial charge >= 0.3 is 0 Å². The predicted octanol–water partition coefficient (Wildman–Crippen LogP) is 0.483. The molecule has 0 bridgehead atoms. The Labute approximate surface area is 90.2 Å². The summed E-state index contributed by atoms with van der Waals surface area (Å²) in [4.78, 5) is 11.6. The number of carbonyl (C=O) groups is 1. The Bertz CT molecular complexity index is 300. The molecule has 1 aromatic carbocycles. The van der Waals surface area contributed by atoms with Gasteiger partial charge in [-0.15, -0.1) is 0 Å². The first kappa shape index (κ1) is 11.7. The van der Waals surface area contributed by atoms with E-state index in [9.17, 15) is 4.79 Å². The van der Waals surface area contributed by atoms with Gasteiger partial charge in [-0.05, 0) is 19.2 Å². The summed E-state index contributed by atoms with van der Waals surface area (Å²) in [5.41, 5.74) is 3.46. The number of nitrogens with zero attached hydrogens (tertiary/aromatic N) is 1. The van der Waals surface area contributed by atoms with Crippen LogP contribution < -0.4 is 10.7 Å². The first-order valence-corrected chi connectivity index (χ1v) is 4.96. The molecule has 1 aromatic rings. The van der Waals surface area contributed by atoms with E-state index in [1.807, 2.05) is 32.3 Å². The molecule has 0 radical (unpaired) electrons. The summed E-state index contributed by atoms with van der Waals surface area (Å²) in [5.74, 6) is -0.0748. The average molecular weight is 207 g/mol. The zero-order chi connectivity index (χ0) is 11.1. The van der Waals surface area contributed by atoms with Crippen LogP contribution in [0.5, 0.6) is 0 Å². The molecule has 0 aromatic heterocycles. The number of nitrogens with one attached hydrogen (secondary N) is 2. The first-order valence-electron chi connectivity index (χ1n) is 4.96. The lowest BCUT2D eigenvalue weighted by Crippen LogP contribution is -2.42. The highest BCUT2D eigenvalue weighted by atomic mass is 16.2. The fourth-order valence-corrected chi connectivity index (χ4v) is 1.16. The van der Waals surface area contributed by atoms with Crippen LogP contribution in [0.25, 0.3) is 0 Å². The minimum atomic E-state index is -0.0748. The highest BCUT2D eigenvalue weighted by Crippen LogP contribution is 1.97. The van der Waals surface area contributed by atoms with Gasteiger partial charge in [0, 0.05) is 25.7 Å². The smallest absolute Gasteiger partial charge is 0.265 e. The molecular formula is C11H17N3O. The molecule has 0 saturated carbocycles. The molecular weight excluding hydrogens is 190 g/mol.